The average molecular weight is 368 g/mol. The van der Waals surface area contributed by atoms with E-state index in [2.05, 4.69) is 5.32 Å². The second-order valence-corrected chi connectivity index (χ2v) is 8.68. The molecule has 0 saturated heterocycles. The molecule has 0 atom stereocenters. The minimum Gasteiger partial charge on any atom is -0.489 e. The Morgan fingerprint density at radius 1 is 1.28 bits per heavy atom. The molecule has 1 fully saturated rings. The van der Waals surface area contributed by atoms with Crippen LogP contribution in [0.5, 0.6) is 5.75 Å². The van der Waals surface area contributed by atoms with Crippen LogP contribution in [0.1, 0.15) is 46.0 Å². The number of carbonyl (C=O) groups excluding carboxylic acids is 1. The molecule has 0 heterocycles. The smallest absolute Gasteiger partial charge is 0.232 e. The number of para-hydroxylation sites is 2. The van der Waals surface area contributed by atoms with Gasteiger partial charge >= 0.3 is 0 Å². The van der Waals surface area contributed by atoms with Gasteiger partial charge in [-0.05, 0) is 38.8 Å². The fourth-order valence-corrected chi connectivity index (χ4v) is 3.99. The maximum Gasteiger partial charge on any atom is 0.232 e. The predicted octanol–water partition coefficient (Wildman–Crippen LogP) is 2.69. The third-order valence-electron chi connectivity index (χ3n) is 4.16. The number of hydrogen-bond donors (Lipinski definition) is 1. The van der Waals surface area contributed by atoms with Gasteiger partial charge in [0.1, 0.15) is 5.75 Å². The standard InChI is InChI=1S/C18H28N2O4S/c1-14(2)24-17-11-7-6-10-16(17)20(25(3,22)23)13-12-18(21)19-15-8-4-5-9-15/h6-7,10-11,14-15H,4-5,8-9,12-13H2,1-3H3,(H,19,21). The highest BCUT2D eigenvalue weighted by Gasteiger charge is 2.23. The van der Waals surface area contributed by atoms with E-state index < -0.39 is 10.0 Å². The maximum absolute atomic E-state index is 12.3. The molecule has 0 aliphatic heterocycles. The molecule has 0 spiro atoms. The Morgan fingerprint density at radius 3 is 2.52 bits per heavy atom. The molecule has 1 saturated carbocycles. The van der Waals surface area contributed by atoms with E-state index in [1.807, 2.05) is 13.8 Å². The number of ether oxygens (including phenoxy) is 1. The summed E-state index contributed by atoms with van der Waals surface area (Å²) in [5.41, 5.74) is 0.465. The van der Waals surface area contributed by atoms with Crippen LogP contribution in [0.4, 0.5) is 5.69 Å². The first-order valence-electron chi connectivity index (χ1n) is 8.80. The molecule has 0 bridgehead atoms. The van der Waals surface area contributed by atoms with E-state index in [0.29, 0.717) is 11.4 Å². The summed E-state index contributed by atoms with van der Waals surface area (Å²) < 4.78 is 31.5. The van der Waals surface area contributed by atoms with Crippen molar-refractivity contribution in [1.29, 1.82) is 0 Å². The number of nitrogens with zero attached hydrogens (tertiary/aromatic N) is 1. The van der Waals surface area contributed by atoms with Gasteiger partial charge < -0.3 is 10.1 Å². The quantitative estimate of drug-likeness (QED) is 0.765. The lowest BCUT2D eigenvalue weighted by atomic mass is 10.2. The molecule has 0 aromatic heterocycles. The van der Waals surface area contributed by atoms with Crippen molar-refractivity contribution in [2.24, 2.45) is 0 Å². The third-order valence-corrected chi connectivity index (χ3v) is 5.34. The molecular weight excluding hydrogens is 340 g/mol. The first-order chi connectivity index (χ1) is 11.8. The Kier molecular flexibility index (Phi) is 6.70. The number of nitrogens with one attached hydrogen (secondary N) is 1. The number of sulfonamides is 1. The second-order valence-electron chi connectivity index (χ2n) is 6.77. The van der Waals surface area contributed by atoms with Crippen molar-refractivity contribution < 1.29 is 17.9 Å². The number of carbonyl (C=O) groups is 1. The van der Waals surface area contributed by atoms with Crippen LogP contribution in [0.25, 0.3) is 0 Å². The molecular formula is C18H28N2O4S. The van der Waals surface area contributed by atoms with Gasteiger partial charge in [-0.15, -0.1) is 0 Å². The summed E-state index contributed by atoms with van der Waals surface area (Å²) in [6, 6.07) is 7.24. The zero-order valence-corrected chi connectivity index (χ0v) is 16.0. The van der Waals surface area contributed by atoms with Crippen LogP contribution in [-0.4, -0.2) is 39.3 Å². The number of anilines is 1. The molecule has 0 radical (unpaired) electrons. The summed E-state index contributed by atoms with van der Waals surface area (Å²) in [4.78, 5) is 12.2. The Labute approximate surface area is 150 Å². The molecule has 6 nitrogen and oxygen atoms in total. The van der Waals surface area contributed by atoms with Gasteiger partial charge in [0.05, 0.1) is 18.0 Å². The molecule has 1 aromatic rings. The SMILES string of the molecule is CC(C)Oc1ccccc1N(CCC(=O)NC1CCCC1)S(C)(=O)=O. The molecule has 140 valence electrons. The Morgan fingerprint density at radius 2 is 1.92 bits per heavy atom. The lowest BCUT2D eigenvalue weighted by Gasteiger charge is -2.25. The molecule has 1 amide bonds. The lowest BCUT2D eigenvalue weighted by Crippen LogP contribution is -2.37. The average Bonchev–Trinajstić information content (AvgIpc) is 3.00. The van der Waals surface area contributed by atoms with Gasteiger partial charge in [-0.3, -0.25) is 9.10 Å². The second kappa shape index (κ2) is 8.56. The van der Waals surface area contributed by atoms with Crippen molar-refractivity contribution in [3.05, 3.63) is 24.3 Å². The molecule has 1 N–H and O–H groups in total. The highest BCUT2D eigenvalue weighted by atomic mass is 32.2. The minimum atomic E-state index is -3.53. The Hall–Kier alpha value is -1.76. The first kappa shape index (κ1) is 19.6. The van der Waals surface area contributed by atoms with E-state index in [9.17, 15) is 13.2 Å². The predicted molar refractivity (Wildman–Crippen MR) is 99.4 cm³/mol. The van der Waals surface area contributed by atoms with E-state index in [0.717, 1.165) is 31.9 Å². The van der Waals surface area contributed by atoms with Gasteiger partial charge in [-0.25, -0.2) is 8.42 Å². The van der Waals surface area contributed by atoms with E-state index in [1.54, 1.807) is 24.3 Å². The first-order valence-corrected chi connectivity index (χ1v) is 10.6. The van der Waals surface area contributed by atoms with Crippen LogP contribution in [0, 0.1) is 0 Å². The summed E-state index contributed by atoms with van der Waals surface area (Å²) in [7, 11) is -3.53. The molecule has 25 heavy (non-hydrogen) atoms. The number of benzene rings is 1. The summed E-state index contributed by atoms with van der Waals surface area (Å²) >= 11 is 0. The van der Waals surface area contributed by atoms with Crippen molar-refractivity contribution in [2.75, 3.05) is 17.1 Å². The van der Waals surface area contributed by atoms with Crippen LogP contribution < -0.4 is 14.4 Å². The number of rotatable bonds is 8. The molecule has 0 unspecified atom stereocenters. The van der Waals surface area contributed by atoms with E-state index in [1.165, 1.54) is 4.31 Å². The summed E-state index contributed by atoms with van der Waals surface area (Å²) in [5, 5.41) is 2.99. The van der Waals surface area contributed by atoms with Crippen LogP contribution in [0.3, 0.4) is 0 Å². The normalized spacial score (nSPS) is 15.4. The summed E-state index contributed by atoms with van der Waals surface area (Å²) in [6.07, 6.45) is 5.49. The largest absolute Gasteiger partial charge is 0.489 e. The van der Waals surface area contributed by atoms with Gasteiger partial charge in [0.15, 0.2) is 0 Å². The number of amides is 1. The van der Waals surface area contributed by atoms with Crippen LogP contribution >= 0.6 is 0 Å². The van der Waals surface area contributed by atoms with Crippen molar-refractivity contribution in [3.8, 4) is 5.75 Å². The Bertz CT molecular complexity index is 682. The van der Waals surface area contributed by atoms with Gasteiger partial charge in [0, 0.05) is 19.0 Å². The fourth-order valence-electron chi connectivity index (χ4n) is 3.05. The third kappa shape index (κ3) is 5.92. The van der Waals surface area contributed by atoms with Crippen LogP contribution in [0.15, 0.2) is 24.3 Å². The monoisotopic (exact) mass is 368 g/mol. The van der Waals surface area contributed by atoms with Gasteiger partial charge in [-0.1, -0.05) is 25.0 Å². The van der Waals surface area contributed by atoms with Crippen molar-refractivity contribution >= 4 is 21.6 Å². The van der Waals surface area contributed by atoms with E-state index >= 15 is 0 Å². The highest BCUT2D eigenvalue weighted by molar-refractivity contribution is 7.92. The van der Waals surface area contributed by atoms with Crippen LogP contribution in [0.2, 0.25) is 0 Å². The van der Waals surface area contributed by atoms with Crippen molar-refractivity contribution in [2.45, 2.75) is 58.1 Å². The molecule has 1 aliphatic rings. The van der Waals surface area contributed by atoms with E-state index in [4.69, 9.17) is 4.74 Å². The van der Waals surface area contributed by atoms with Gasteiger partial charge in [0.25, 0.3) is 0 Å². The topological polar surface area (TPSA) is 75.7 Å². The van der Waals surface area contributed by atoms with E-state index in [-0.39, 0.29) is 31.0 Å². The molecule has 7 heteroatoms. The highest BCUT2D eigenvalue weighted by Crippen LogP contribution is 2.30. The van der Waals surface area contributed by atoms with Crippen LogP contribution in [-0.2, 0) is 14.8 Å². The Balaban J connectivity index is 2.10. The zero-order chi connectivity index (χ0) is 18.4. The minimum absolute atomic E-state index is 0.0757. The zero-order valence-electron chi connectivity index (χ0n) is 15.2. The number of hydrogen-bond acceptors (Lipinski definition) is 4. The summed E-state index contributed by atoms with van der Waals surface area (Å²) in [6.45, 7) is 3.86. The van der Waals surface area contributed by atoms with Crippen molar-refractivity contribution in [3.63, 3.8) is 0 Å². The van der Waals surface area contributed by atoms with Gasteiger partial charge in [0.2, 0.25) is 15.9 Å². The molecule has 2 rings (SSSR count). The van der Waals surface area contributed by atoms with Crippen molar-refractivity contribution in [1.82, 2.24) is 5.32 Å². The summed E-state index contributed by atoms with van der Waals surface area (Å²) in [5.74, 6) is 0.391. The molecule has 1 aromatic carbocycles. The maximum atomic E-state index is 12.3. The fraction of sp³-hybridized carbons (Fsp3) is 0.611. The van der Waals surface area contributed by atoms with Gasteiger partial charge in [-0.2, -0.15) is 0 Å². The molecule has 1 aliphatic carbocycles. The lowest BCUT2D eigenvalue weighted by molar-refractivity contribution is -0.121.